The molecule has 0 heterocycles. The molecule has 0 amide bonds. The predicted molar refractivity (Wildman–Crippen MR) is 56.0 cm³/mol. The lowest BCUT2D eigenvalue weighted by molar-refractivity contribution is 0.463. The first kappa shape index (κ1) is 10.1. The van der Waals surface area contributed by atoms with Gasteiger partial charge in [-0.05, 0) is 31.8 Å². The summed E-state index contributed by atoms with van der Waals surface area (Å²) in [6, 6.07) is 0. The van der Waals surface area contributed by atoms with E-state index in [-0.39, 0.29) is 10.3 Å². The number of hydrogen-bond acceptors (Lipinski definition) is 0. The fraction of sp³-hybridized carbons (Fsp3) is 0.600. The van der Waals surface area contributed by atoms with Crippen molar-refractivity contribution in [3.8, 4) is 0 Å². The Labute approximate surface area is 84.2 Å². The Morgan fingerprint density at radius 3 is 2.58 bits per heavy atom. The van der Waals surface area contributed by atoms with Crippen LogP contribution in [0.5, 0.6) is 0 Å². The molecule has 0 aromatic carbocycles. The topological polar surface area (TPSA) is 0 Å². The number of alkyl halides is 2. The molecule has 2 unspecified atom stereocenters. The number of rotatable bonds is 1. The molecule has 12 heavy (non-hydrogen) atoms. The van der Waals surface area contributed by atoms with Crippen molar-refractivity contribution in [3.63, 3.8) is 0 Å². The lowest BCUT2D eigenvalue weighted by atomic mass is 9.84. The van der Waals surface area contributed by atoms with Crippen molar-refractivity contribution in [2.24, 2.45) is 5.92 Å². The molecule has 0 fully saturated rings. The molecular weight excluding hydrogens is 191 g/mol. The molecule has 1 aliphatic rings. The summed E-state index contributed by atoms with van der Waals surface area (Å²) in [5.74, 6) is 0.354. The van der Waals surface area contributed by atoms with E-state index in [1.165, 1.54) is 0 Å². The second kappa shape index (κ2) is 3.43. The van der Waals surface area contributed by atoms with Gasteiger partial charge < -0.3 is 0 Å². The standard InChI is InChI=1S/C10H14Cl2/c1-7-4-5-8(6-9(7)11)10(2,3)12/h4-5,8-9H,1,6H2,2-3H3. The highest BCUT2D eigenvalue weighted by molar-refractivity contribution is 6.24. The summed E-state index contributed by atoms with van der Waals surface area (Å²) in [6.07, 6.45) is 4.98. The molecule has 68 valence electrons. The van der Waals surface area contributed by atoms with E-state index < -0.39 is 0 Å². The van der Waals surface area contributed by atoms with Gasteiger partial charge >= 0.3 is 0 Å². The fourth-order valence-electron chi connectivity index (χ4n) is 1.31. The van der Waals surface area contributed by atoms with Crippen LogP contribution >= 0.6 is 23.2 Å². The molecule has 0 radical (unpaired) electrons. The van der Waals surface area contributed by atoms with Gasteiger partial charge in [0.1, 0.15) is 0 Å². The Bertz CT molecular complexity index is 210. The maximum atomic E-state index is 6.19. The van der Waals surface area contributed by atoms with Crippen LogP contribution in [0.4, 0.5) is 0 Å². The molecule has 0 aliphatic heterocycles. The summed E-state index contributed by atoms with van der Waals surface area (Å²) < 4.78 is 0. The van der Waals surface area contributed by atoms with E-state index in [0.29, 0.717) is 5.92 Å². The summed E-state index contributed by atoms with van der Waals surface area (Å²) in [6.45, 7) is 7.88. The first-order chi connectivity index (χ1) is 5.41. The van der Waals surface area contributed by atoms with Gasteiger partial charge in [-0.25, -0.2) is 0 Å². The SMILES string of the molecule is C=C1C=CC(C(C)(C)Cl)CC1Cl. The van der Waals surface area contributed by atoms with E-state index in [1.807, 2.05) is 19.9 Å². The van der Waals surface area contributed by atoms with Gasteiger partial charge in [0, 0.05) is 4.87 Å². The number of halogens is 2. The minimum Gasteiger partial charge on any atom is -0.119 e. The van der Waals surface area contributed by atoms with Gasteiger partial charge in [0.2, 0.25) is 0 Å². The monoisotopic (exact) mass is 204 g/mol. The minimum atomic E-state index is -0.204. The van der Waals surface area contributed by atoms with E-state index in [4.69, 9.17) is 23.2 Å². The first-order valence-corrected chi connectivity index (χ1v) is 4.92. The highest BCUT2D eigenvalue weighted by Crippen LogP contribution is 2.35. The van der Waals surface area contributed by atoms with Gasteiger partial charge in [-0.3, -0.25) is 0 Å². The zero-order chi connectivity index (χ0) is 9.35. The summed E-state index contributed by atoms with van der Waals surface area (Å²) in [5.41, 5.74) is 0.994. The maximum Gasteiger partial charge on any atom is 0.0585 e. The van der Waals surface area contributed by atoms with Crippen LogP contribution in [0.15, 0.2) is 24.3 Å². The van der Waals surface area contributed by atoms with Gasteiger partial charge in [-0.15, -0.1) is 23.2 Å². The van der Waals surface area contributed by atoms with Gasteiger partial charge in [0.25, 0.3) is 0 Å². The molecule has 0 aromatic rings. The van der Waals surface area contributed by atoms with Crippen LogP contribution in [-0.2, 0) is 0 Å². The molecule has 0 spiro atoms. The first-order valence-electron chi connectivity index (χ1n) is 4.11. The average molecular weight is 205 g/mol. The number of hydrogen-bond donors (Lipinski definition) is 0. The Hall–Kier alpha value is 0.0600. The Kier molecular flexibility index (Phi) is 2.90. The van der Waals surface area contributed by atoms with Crippen molar-refractivity contribution in [1.82, 2.24) is 0 Å². The van der Waals surface area contributed by atoms with Crippen LogP contribution in [0.1, 0.15) is 20.3 Å². The second-order valence-corrected chi connectivity index (χ2v) is 5.31. The molecule has 1 rings (SSSR count). The summed E-state index contributed by atoms with van der Waals surface area (Å²) in [5, 5.41) is 0.0537. The average Bonchev–Trinajstić information content (AvgIpc) is 1.92. The zero-order valence-corrected chi connectivity index (χ0v) is 8.99. The van der Waals surface area contributed by atoms with E-state index >= 15 is 0 Å². The summed E-state index contributed by atoms with van der Waals surface area (Å²) in [7, 11) is 0. The minimum absolute atomic E-state index is 0.0537. The van der Waals surface area contributed by atoms with Crippen LogP contribution in [0.2, 0.25) is 0 Å². The van der Waals surface area contributed by atoms with Gasteiger partial charge in [-0.2, -0.15) is 0 Å². The lowest BCUT2D eigenvalue weighted by Crippen LogP contribution is -2.28. The zero-order valence-electron chi connectivity index (χ0n) is 7.48. The number of allylic oxidation sites excluding steroid dienone is 3. The highest BCUT2D eigenvalue weighted by atomic mass is 35.5. The van der Waals surface area contributed by atoms with Crippen molar-refractivity contribution < 1.29 is 0 Å². The predicted octanol–water partition coefficient (Wildman–Crippen LogP) is 3.74. The third-order valence-electron chi connectivity index (χ3n) is 2.29. The molecular formula is C10H14Cl2. The van der Waals surface area contributed by atoms with Crippen LogP contribution in [0.3, 0.4) is 0 Å². The molecule has 0 bridgehead atoms. The lowest BCUT2D eigenvalue weighted by Gasteiger charge is -2.30. The third kappa shape index (κ3) is 2.27. The Morgan fingerprint density at radius 1 is 1.58 bits per heavy atom. The van der Waals surface area contributed by atoms with Crippen molar-refractivity contribution in [2.45, 2.75) is 30.5 Å². The Balaban J connectivity index is 2.74. The molecule has 0 saturated carbocycles. The van der Waals surface area contributed by atoms with E-state index in [9.17, 15) is 0 Å². The highest BCUT2D eigenvalue weighted by Gasteiger charge is 2.29. The molecule has 2 heteroatoms. The summed E-state index contributed by atoms with van der Waals surface area (Å²) >= 11 is 12.2. The Morgan fingerprint density at radius 2 is 2.17 bits per heavy atom. The van der Waals surface area contributed by atoms with Gasteiger partial charge in [0.05, 0.1) is 5.38 Å². The van der Waals surface area contributed by atoms with Crippen LogP contribution in [-0.4, -0.2) is 10.3 Å². The maximum absolute atomic E-state index is 6.19. The molecule has 2 atom stereocenters. The second-order valence-electron chi connectivity index (χ2n) is 3.81. The van der Waals surface area contributed by atoms with Crippen LogP contribution in [0.25, 0.3) is 0 Å². The quantitative estimate of drug-likeness (QED) is 0.572. The largest absolute Gasteiger partial charge is 0.119 e. The van der Waals surface area contributed by atoms with Crippen molar-refractivity contribution >= 4 is 23.2 Å². The molecule has 1 aliphatic carbocycles. The van der Waals surface area contributed by atoms with E-state index in [0.717, 1.165) is 12.0 Å². The molecule has 0 aromatic heterocycles. The van der Waals surface area contributed by atoms with Gasteiger partial charge in [-0.1, -0.05) is 18.7 Å². The molecule has 0 nitrogen and oxygen atoms in total. The normalized spacial score (nSPS) is 30.8. The van der Waals surface area contributed by atoms with Gasteiger partial charge in [0.15, 0.2) is 0 Å². The molecule has 0 N–H and O–H groups in total. The fourth-order valence-corrected chi connectivity index (χ4v) is 1.73. The van der Waals surface area contributed by atoms with Crippen LogP contribution in [0, 0.1) is 5.92 Å². The van der Waals surface area contributed by atoms with Crippen molar-refractivity contribution in [3.05, 3.63) is 24.3 Å². The third-order valence-corrected chi connectivity index (χ3v) is 3.03. The molecule has 0 saturated heterocycles. The van der Waals surface area contributed by atoms with Crippen molar-refractivity contribution in [2.75, 3.05) is 0 Å². The smallest absolute Gasteiger partial charge is 0.0585 e. The van der Waals surface area contributed by atoms with Crippen molar-refractivity contribution in [1.29, 1.82) is 0 Å². The van der Waals surface area contributed by atoms with E-state index in [2.05, 4.69) is 12.7 Å². The van der Waals surface area contributed by atoms with Crippen LogP contribution < -0.4 is 0 Å². The van der Waals surface area contributed by atoms with E-state index in [1.54, 1.807) is 0 Å². The summed E-state index contributed by atoms with van der Waals surface area (Å²) in [4.78, 5) is -0.204.